The van der Waals surface area contributed by atoms with Gasteiger partial charge in [-0.25, -0.2) is 0 Å². The van der Waals surface area contributed by atoms with E-state index in [-0.39, 0.29) is 35.9 Å². The number of rotatable bonds is 8. The van der Waals surface area contributed by atoms with Crippen LogP contribution in [0.4, 0.5) is 0 Å². The van der Waals surface area contributed by atoms with Crippen molar-refractivity contribution >= 4 is 35.9 Å². The number of hydrogen-bond acceptors (Lipinski definition) is 3. The quantitative estimate of drug-likeness (QED) is 0.217. The number of hydrogen-bond donors (Lipinski definition) is 2. The fraction of sp³-hybridized carbons (Fsp3) is 0.857. The second kappa shape index (κ2) is 13.5. The number of halogens is 1. The molecule has 120 valence electrons. The molecular weight excluding hydrogens is 369 g/mol. The number of nitrogens with one attached hydrogen (secondary N) is 2. The van der Waals surface area contributed by atoms with Gasteiger partial charge in [-0.05, 0) is 13.3 Å². The number of carbonyl (C=O) groups is 1. The lowest BCUT2D eigenvalue weighted by molar-refractivity contribution is -0.144. The molecule has 2 N–H and O–H groups in total. The van der Waals surface area contributed by atoms with E-state index in [4.69, 9.17) is 0 Å². The van der Waals surface area contributed by atoms with Crippen molar-refractivity contribution in [2.75, 3.05) is 20.7 Å². The van der Waals surface area contributed by atoms with E-state index in [2.05, 4.69) is 34.2 Å². The summed E-state index contributed by atoms with van der Waals surface area (Å²) in [5.74, 6) is 0.345. The highest BCUT2D eigenvalue weighted by atomic mass is 127. The summed E-state index contributed by atoms with van der Waals surface area (Å²) in [5.41, 5.74) is 0. The third-order valence-electron chi connectivity index (χ3n) is 3.03. The molecule has 0 bridgehead atoms. The maximum Gasteiger partial charge on any atom is 0.310 e. The van der Waals surface area contributed by atoms with Crippen LogP contribution in [-0.2, 0) is 9.53 Å². The molecule has 5 nitrogen and oxygen atoms in total. The summed E-state index contributed by atoms with van der Waals surface area (Å²) in [6.45, 7) is 6.70. The predicted octanol–water partition coefficient (Wildman–Crippen LogP) is 2.55. The maximum absolute atomic E-state index is 11.3. The number of aliphatic imine (C=N–C) groups is 1. The Hall–Kier alpha value is -0.530. The molecule has 0 aromatic heterocycles. The van der Waals surface area contributed by atoms with Crippen LogP contribution < -0.4 is 10.6 Å². The molecule has 2 atom stereocenters. The first-order valence-electron chi connectivity index (χ1n) is 7.10. The van der Waals surface area contributed by atoms with Gasteiger partial charge in [0.2, 0.25) is 0 Å². The second-order valence-corrected chi connectivity index (χ2v) is 4.92. The van der Waals surface area contributed by atoms with Gasteiger partial charge in [0.05, 0.1) is 13.0 Å². The van der Waals surface area contributed by atoms with Crippen LogP contribution in [0.5, 0.6) is 0 Å². The van der Waals surface area contributed by atoms with Crippen molar-refractivity contribution in [3.63, 3.8) is 0 Å². The summed E-state index contributed by atoms with van der Waals surface area (Å²) in [4.78, 5) is 15.4. The highest BCUT2D eigenvalue weighted by molar-refractivity contribution is 14.0. The van der Waals surface area contributed by atoms with E-state index in [0.29, 0.717) is 12.6 Å². The molecule has 0 aromatic rings. The Morgan fingerprint density at radius 3 is 2.45 bits per heavy atom. The van der Waals surface area contributed by atoms with Crippen LogP contribution in [0.15, 0.2) is 4.99 Å². The smallest absolute Gasteiger partial charge is 0.310 e. The monoisotopic (exact) mass is 399 g/mol. The molecule has 0 aliphatic heterocycles. The van der Waals surface area contributed by atoms with Crippen LogP contribution in [-0.4, -0.2) is 38.7 Å². The van der Waals surface area contributed by atoms with Gasteiger partial charge < -0.3 is 15.4 Å². The number of esters is 1. The SMILES string of the molecule is CCCCCC(C)NC(=NC)NCC(C)C(=O)OC.I. The van der Waals surface area contributed by atoms with Crippen molar-refractivity contribution < 1.29 is 9.53 Å². The number of guanidine groups is 1. The Labute approximate surface area is 140 Å². The molecule has 0 saturated carbocycles. The summed E-state index contributed by atoms with van der Waals surface area (Å²) >= 11 is 0. The maximum atomic E-state index is 11.3. The summed E-state index contributed by atoms with van der Waals surface area (Å²) in [5, 5.41) is 6.47. The van der Waals surface area contributed by atoms with Crippen molar-refractivity contribution in [1.82, 2.24) is 10.6 Å². The molecule has 2 unspecified atom stereocenters. The average Bonchev–Trinajstić information content (AvgIpc) is 2.42. The number of carbonyl (C=O) groups excluding carboxylic acids is 1. The zero-order chi connectivity index (χ0) is 14.7. The van der Waals surface area contributed by atoms with Gasteiger partial charge in [-0.2, -0.15) is 0 Å². The molecule has 6 heteroatoms. The minimum atomic E-state index is -0.209. The van der Waals surface area contributed by atoms with Gasteiger partial charge in [0, 0.05) is 19.6 Å². The summed E-state index contributed by atoms with van der Waals surface area (Å²) in [6.07, 6.45) is 4.84. The van der Waals surface area contributed by atoms with E-state index in [1.807, 2.05) is 6.92 Å². The highest BCUT2D eigenvalue weighted by Gasteiger charge is 2.13. The van der Waals surface area contributed by atoms with Gasteiger partial charge in [0.15, 0.2) is 5.96 Å². The first-order valence-corrected chi connectivity index (χ1v) is 7.10. The molecule has 0 fully saturated rings. The van der Waals surface area contributed by atoms with E-state index in [9.17, 15) is 4.79 Å². The van der Waals surface area contributed by atoms with E-state index in [0.717, 1.165) is 12.4 Å². The lowest BCUT2D eigenvalue weighted by Crippen LogP contribution is -2.44. The standard InChI is InChI=1S/C14H29N3O2.HI/c1-6-7-8-9-12(3)17-14(15-4)16-10-11(2)13(18)19-5;/h11-12H,6-10H2,1-5H3,(H2,15,16,17);1H. The molecule has 0 aliphatic carbocycles. The minimum Gasteiger partial charge on any atom is -0.469 e. The van der Waals surface area contributed by atoms with E-state index in [1.54, 1.807) is 7.05 Å². The topological polar surface area (TPSA) is 62.7 Å². The van der Waals surface area contributed by atoms with E-state index in [1.165, 1.54) is 26.4 Å². The summed E-state index contributed by atoms with van der Waals surface area (Å²) < 4.78 is 4.69. The van der Waals surface area contributed by atoms with Gasteiger partial charge in [0.1, 0.15) is 0 Å². The fourth-order valence-corrected chi connectivity index (χ4v) is 1.74. The molecule has 0 spiro atoms. The van der Waals surface area contributed by atoms with Crippen LogP contribution in [0.25, 0.3) is 0 Å². The van der Waals surface area contributed by atoms with Gasteiger partial charge in [-0.3, -0.25) is 9.79 Å². The summed E-state index contributed by atoms with van der Waals surface area (Å²) in [6, 6.07) is 0.381. The molecule has 0 heterocycles. The Morgan fingerprint density at radius 2 is 1.95 bits per heavy atom. The normalized spacial score (nSPS) is 13.9. The Balaban J connectivity index is 0. The molecule has 20 heavy (non-hydrogen) atoms. The van der Waals surface area contributed by atoms with Gasteiger partial charge in [0.25, 0.3) is 0 Å². The molecule has 0 radical (unpaired) electrons. The van der Waals surface area contributed by atoms with Crippen molar-refractivity contribution in [2.24, 2.45) is 10.9 Å². The molecule has 0 saturated heterocycles. The van der Waals surface area contributed by atoms with Gasteiger partial charge in [-0.15, -0.1) is 24.0 Å². The van der Waals surface area contributed by atoms with Crippen LogP contribution in [0.2, 0.25) is 0 Å². The first-order chi connectivity index (χ1) is 9.04. The molecular formula is C14H30IN3O2. The van der Waals surface area contributed by atoms with E-state index < -0.39 is 0 Å². The van der Waals surface area contributed by atoms with Crippen molar-refractivity contribution in [1.29, 1.82) is 0 Å². The molecule has 0 amide bonds. The average molecular weight is 399 g/mol. The van der Waals surface area contributed by atoms with Gasteiger partial charge >= 0.3 is 5.97 Å². The highest BCUT2D eigenvalue weighted by Crippen LogP contribution is 2.02. The zero-order valence-electron chi connectivity index (χ0n) is 13.4. The number of ether oxygens (including phenoxy) is 1. The third kappa shape index (κ3) is 10.3. The predicted molar refractivity (Wildman–Crippen MR) is 94.7 cm³/mol. The van der Waals surface area contributed by atoms with Crippen LogP contribution in [0.3, 0.4) is 0 Å². The molecule has 0 rings (SSSR count). The second-order valence-electron chi connectivity index (χ2n) is 4.92. The minimum absolute atomic E-state index is 0. The first kappa shape index (κ1) is 21.8. The Morgan fingerprint density at radius 1 is 1.30 bits per heavy atom. The van der Waals surface area contributed by atoms with Gasteiger partial charge in [-0.1, -0.05) is 33.1 Å². The lowest BCUT2D eigenvalue weighted by atomic mass is 10.1. The van der Waals surface area contributed by atoms with Crippen LogP contribution in [0.1, 0.15) is 46.5 Å². The number of unbranched alkanes of at least 4 members (excludes halogenated alkanes) is 2. The number of methoxy groups -OCH3 is 1. The fourth-order valence-electron chi connectivity index (χ4n) is 1.74. The largest absolute Gasteiger partial charge is 0.469 e. The zero-order valence-corrected chi connectivity index (χ0v) is 15.7. The molecule has 0 aromatic carbocycles. The summed E-state index contributed by atoms with van der Waals surface area (Å²) in [7, 11) is 3.14. The lowest BCUT2D eigenvalue weighted by Gasteiger charge is -2.19. The van der Waals surface area contributed by atoms with Crippen molar-refractivity contribution in [3.05, 3.63) is 0 Å². The van der Waals surface area contributed by atoms with Crippen molar-refractivity contribution in [3.8, 4) is 0 Å². The van der Waals surface area contributed by atoms with Crippen molar-refractivity contribution in [2.45, 2.75) is 52.5 Å². The van der Waals surface area contributed by atoms with Crippen LogP contribution in [0, 0.1) is 5.92 Å². The Bertz CT molecular complexity index is 286. The third-order valence-corrected chi connectivity index (χ3v) is 3.03. The Kier molecular flexibility index (Phi) is 14.6. The van der Waals surface area contributed by atoms with E-state index >= 15 is 0 Å². The number of nitrogens with zero attached hydrogens (tertiary/aromatic N) is 1. The molecule has 0 aliphatic rings. The van der Waals surface area contributed by atoms with Crippen LogP contribution >= 0.6 is 24.0 Å².